The van der Waals surface area contributed by atoms with E-state index in [1.165, 1.54) is 22.3 Å². The van der Waals surface area contributed by atoms with Gasteiger partial charge >= 0.3 is 0 Å². The zero-order valence-electron chi connectivity index (χ0n) is 25.0. The largest absolute Gasteiger partial charge is 0.322 e. The second-order valence-corrected chi connectivity index (χ2v) is 12.6. The molecule has 1 unspecified atom stereocenters. The number of carbonyl (C=O) groups is 3. The number of nitrogens with zero attached hydrogens (tertiary/aromatic N) is 3. The number of piperidine rings is 1. The molecular formula is C37H35ClN4O3. The second-order valence-electron chi connectivity index (χ2n) is 12.2. The lowest BCUT2D eigenvalue weighted by Gasteiger charge is -2.35. The summed E-state index contributed by atoms with van der Waals surface area (Å²) in [6, 6.07) is 30.7. The van der Waals surface area contributed by atoms with Crippen molar-refractivity contribution in [2.45, 2.75) is 38.5 Å². The maximum Gasteiger partial charge on any atom is 0.255 e. The lowest BCUT2D eigenvalue weighted by molar-refractivity contribution is -0.136. The summed E-state index contributed by atoms with van der Waals surface area (Å²) < 4.78 is 0. The van der Waals surface area contributed by atoms with Crippen LogP contribution in [0, 0.1) is 0 Å². The van der Waals surface area contributed by atoms with Gasteiger partial charge in [-0.15, -0.1) is 0 Å². The van der Waals surface area contributed by atoms with Gasteiger partial charge in [-0.05, 0) is 69.6 Å². The van der Waals surface area contributed by atoms with Crippen LogP contribution < -0.4 is 5.32 Å². The number of fused-ring (bicyclic) bond motifs is 1. The Hall–Kier alpha value is -4.30. The maximum atomic E-state index is 13.0. The third-order valence-corrected chi connectivity index (χ3v) is 9.50. The van der Waals surface area contributed by atoms with Crippen molar-refractivity contribution in [3.63, 3.8) is 0 Å². The summed E-state index contributed by atoms with van der Waals surface area (Å²) in [4.78, 5) is 43.6. The smallest absolute Gasteiger partial charge is 0.255 e. The van der Waals surface area contributed by atoms with Gasteiger partial charge in [0.25, 0.3) is 5.91 Å². The third kappa shape index (κ3) is 6.29. The quantitative estimate of drug-likeness (QED) is 0.267. The molecule has 0 aliphatic carbocycles. The highest BCUT2D eigenvalue weighted by Crippen LogP contribution is 2.32. The van der Waals surface area contributed by atoms with Crippen LogP contribution in [0.15, 0.2) is 91.0 Å². The Balaban J connectivity index is 0.945. The zero-order valence-corrected chi connectivity index (χ0v) is 25.8. The normalized spacial score (nSPS) is 19.1. The minimum Gasteiger partial charge on any atom is -0.322 e. The van der Waals surface area contributed by atoms with E-state index in [0.717, 1.165) is 61.0 Å². The molecule has 3 aliphatic heterocycles. The molecule has 3 aliphatic rings. The Morgan fingerprint density at radius 2 is 1.38 bits per heavy atom. The third-order valence-electron chi connectivity index (χ3n) is 9.25. The summed E-state index contributed by atoms with van der Waals surface area (Å²) in [5, 5.41) is 3.12. The van der Waals surface area contributed by atoms with Crippen molar-refractivity contribution in [3.05, 3.63) is 118 Å². The molecule has 4 aromatic carbocycles. The van der Waals surface area contributed by atoms with E-state index < -0.39 is 6.04 Å². The van der Waals surface area contributed by atoms with Gasteiger partial charge in [-0.3, -0.25) is 29.5 Å². The van der Waals surface area contributed by atoms with Crippen LogP contribution in [-0.2, 0) is 29.2 Å². The molecule has 0 spiro atoms. The number of piperazine rings is 1. The van der Waals surface area contributed by atoms with Gasteiger partial charge in [-0.1, -0.05) is 78.3 Å². The fourth-order valence-electron chi connectivity index (χ4n) is 6.73. The SMILES string of the molecule is O=C1CCC(N2Cc3cc(-c4ccc(CN5CCN(Cc6ccccc6-c6ccc(Cl)cc6)CC5)cc4)ccc3C2=O)C(=O)N1. The van der Waals surface area contributed by atoms with Crippen LogP contribution in [0.2, 0.25) is 5.02 Å². The summed E-state index contributed by atoms with van der Waals surface area (Å²) in [6.45, 7) is 6.31. The predicted octanol–water partition coefficient (Wildman–Crippen LogP) is 5.75. The Morgan fingerprint density at radius 3 is 2.11 bits per heavy atom. The van der Waals surface area contributed by atoms with E-state index in [1.54, 1.807) is 4.90 Å². The Morgan fingerprint density at radius 1 is 0.711 bits per heavy atom. The van der Waals surface area contributed by atoms with E-state index in [1.807, 2.05) is 24.3 Å². The molecule has 2 saturated heterocycles. The molecule has 7 rings (SSSR count). The van der Waals surface area contributed by atoms with Crippen LogP contribution >= 0.6 is 11.6 Å². The van der Waals surface area contributed by atoms with Crippen LogP contribution in [0.1, 0.15) is 39.9 Å². The lowest BCUT2D eigenvalue weighted by Crippen LogP contribution is -2.52. The first-order chi connectivity index (χ1) is 21.9. The van der Waals surface area contributed by atoms with Gasteiger partial charge in [0.05, 0.1) is 0 Å². The van der Waals surface area contributed by atoms with Gasteiger partial charge in [0.1, 0.15) is 6.04 Å². The number of rotatable bonds is 7. The molecule has 3 amide bonds. The molecule has 45 heavy (non-hydrogen) atoms. The molecule has 8 heteroatoms. The fourth-order valence-corrected chi connectivity index (χ4v) is 6.86. The van der Waals surface area contributed by atoms with Crippen LogP contribution in [0.4, 0.5) is 0 Å². The van der Waals surface area contributed by atoms with Crippen LogP contribution in [0.25, 0.3) is 22.3 Å². The van der Waals surface area contributed by atoms with Gasteiger partial charge in [0.2, 0.25) is 11.8 Å². The minimum atomic E-state index is -0.600. The maximum absolute atomic E-state index is 13.0. The van der Waals surface area contributed by atoms with Gasteiger partial charge in [-0.25, -0.2) is 0 Å². The summed E-state index contributed by atoms with van der Waals surface area (Å²) in [6.07, 6.45) is 0.621. The summed E-state index contributed by atoms with van der Waals surface area (Å²) in [5.41, 5.74) is 8.76. The average Bonchev–Trinajstić information content (AvgIpc) is 3.38. The molecule has 0 bridgehead atoms. The monoisotopic (exact) mass is 618 g/mol. The van der Waals surface area contributed by atoms with E-state index in [4.69, 9.17) is 11.6 Å². The van der Waals surface area contributed by atoms with E-state index in [-0.39, 0.29) is 24.1 Å². The van der Waals surface area contributed by atoms with Crippen molar-refractivity contribution in [1.29, 1.82) is 0 Å². The minimum absolute atomic E-state index is 0.146. The number of halogens is 1. The van der Waals surface area contributed by atoms with E-state index in [0.29, 0.717) is 18.5 Å². The number of amides is 3. The van der Waals surface area contributed by atoms with Crippen LogP contribution in [0.3, 0.4) is 0 Å². The van der Waals surface area contributed by atoms with Gasteiger partial charge < -0.3 is 4.90 Å². The summed E-state index contributed by atoms with van der Waals surface area (Å²) in [7, 11) is 0. The van der Waals surface area contributed by atoms with Gasteiger partial charge in [0.15, 0.2) is 0 Å². The fraction of sp³-hybridized carbons (Fsp3) is 0.270. The number of carbonyl (C=O) groups excluding carboxylic acids is 3. The van der Waals surface area contributed by atoms with Crippen LogP contribution in [0.5, 0.6) is 0 Å². The molecule has 228 valence electrons. The second kappa shape index (κ2) is 12.6. The van der Waals surface area contributed by atoms with Crippen molar-refractivity contribution in [1.82, 2.24) is 20.0 Å². The first-order valence-electron chi connectivity index (χ1n) is 15.6. The number of nitrogens with one attached hydrogen (secondary N) is 1. The molecule has 1 N–H and O–H groups in total. The van der Waals surface area contributed by atoms with Gasteiger partial charge in [-0.2, -0.15) is 0 Å². The zero-order chi connectivity index (χ0) is 30.9. The Bertz CT molecular complexity index is 1750. The molecule has 3 heterocycles. The average molecular weight is 619 g/mol. The highest BCUT2D eigenvalue weighted by atomic mass is 35.5. The first-order valence-corrected chi connectivity index (χ1v) is 15.9. The van der Waals surface area contributed by atoms with Crippen LogP contribution in [-0.4, -0.2) is 64.6 Å². The predicted molar refractivity (Wildman–Crippen MR) is 175 cm³/mol. The highest BCUT2D eigenvalue weighted by molar-refractivity contribution is 6.30. The molecule has 0 aromatic heterocycles. The van der Waals surface area contributed by atoms with Gasteiger partial charge in [0, 0.05) is 62.8 Å². The first kappa shape index (κ1) is 29.4. The van der Waals surface area contributed by atoms with E-state index in [9.17, 15) is 14.4 Å². The molecule has 2 fully saturated rings. The van der Waals surface area contributed by atoms with Crippen molar-refractivity contribution in [3.8, 4) is 22.3 Å². The lowest BCUT2D eigenvalue weighted by atomic mass is 9.99. The molecule has 4 aromatic rings. The van der Waals surface area contributed by atoms with Crippen molar-refractivity contribution in [2.24, 2.45) is 0 Å². The van der Waals surface area contributed by atoms with Crippen molar-refractivity contribution >= 4 is 29.3 Å². The summed E-state index contributed by atoms with van der Waals surface area (Å²) in [5.74, 6) is -0.808. The topological polar surface area (TPSA) is 73.0 Å². The van der Waals surface area contributed by atoms with Crippen molar-refractivity contribution < 1.29 is 14.4 Å². The summed E-state index contributed by atoms with van der Waals surface area (Å²) >= 11 is 6.12. The number of benzene rings is 4. The van der Waals surface area contributed by atoms with E-state index >= 15 is 0 Å². The Labute approximate surface area is 268 Å². The number of imide groups is 1. The highest BCUT2D eigenvalue weighted by Gasteiger charge is 2.39. The number of hydrogen-bond acceptors (Lipinski definition) is 5. The Kier molecular flexibility index (Phi) is 8.23. The molecule has 7 nitrogen and oxygen atoms in total. The standard InChI is InChI=1S/C37H35ClN4O3/c38-31-12-9-27(10-13-31)32-4-2-1-3-29(32)23-41-19-17-40(18-20-41)22-25-5-7-26(8-6-25)28-11-14-33-30(21-28)24-42(37(33)45)34-15-16-35(43)39-36(34)44/h1-14,21,34H,15-20,22-24H2,(H,39,43,44). The number of hydrogen-bond donors (Lipinski definition) is 1. The molecule has 0 radical (unpaired) electrons. The molecule has 0 saturated carbocycles. The molecule has 1 atom stereocenters. The molecular weight excluding hydrogens is 584 g/mol. The van der Waals surface area contributed by atoms with Crippen molar-refractivity contribution in [2.75, 3.05) is 26.2 Å². The van der Waals surface area contributed by atoms with E-state index in [2.05, 4.69) is 81.8 Å².